The first kappa shape index (κ1) is 21.6. The van der Waals surface area contributed by atoms with Gasteiger partial charge in [-0.3, -0.25) is 19.9 Å². The lowest BCUT2D eigenvalue weighted by Gasteiger charge is -2.06. The van der Waals surface area contributed by atoms with Gasteiger partial charge in [0, 0.05) is 58.0 Å². The van der Waals surface area contributed by atoms with Crippen LogP contribution in [0, 0.1) is 5.82 Å². The monoisotopic (exact) mass is 477 g/mol. The van der Waals surface area contributed by atoms with Crippen LogP contribution < -0.4 is 5.32 Å². The molecule has 0 bridgehead atoms. The van der Waals surface area contributed by atoms with E-state index in [9.17, 15) is 9.18 Å². The maximum atomic E-state index is 13.4. The third-order valence-electron chi connectivity index (χ3n) is 6.02. The number of rotatable bonds is 5. The third-order valence-corrected chi connectivity index (χ3v) is 6.02. The van der Waals surface area contributed by atoms with Gasteiger partial charge in [0.1, 0.15) is 5.82 Å². The fourth-order valence-corrected chi connectivity index (χ4v) is 4.20. The van der Waals surface area contributed by atoms with Crippen LogP contribution in [0.5, 0.6) is 0 Å². The number of hydrogen-bond acceptors (Lipinski definition) is 5. The van der Waals surface area contributed by atoms with Crippen LogP contribution in [-0.2, 0) is 4.79 Å². The number of carbonyl (C=O) groups is 1. The molecular weight excluding hydrogens is 457 g/mol. The van der Waals surface area contributed by atoms with Crippen molar-refractivity contribution in [2.45, 2.75) is 13.3 Å². The standard InChI is InChI=1S/C27H20FN7O/c1-2-24(36)32-19-9-16(12-29-14-19)17-10-21-26(34-35-27(21)31-13-17)23-11-20-22(33-23)7-8-30-25(20)15-3-5-18(28)6-4-15/h3-14,33H,2H2,1H3,(H,32,36)(H,31,34,35). The maximum absolute atomic E-state index is 13.4. The van der Waals surface area contributed by atoms with Gasteiger partial charge >= 0.3 is 0 Å². The zero-order valence-corrected chi connectivity index (χ0v) is 19.2. The predicted molar refractivity (Wildman–Crippen MR) is 137 cm³/mol. The lowest BCUT2D eigenvalue weighted by atomic mass is 10.1. The summed E-state index contributed by atoms with van der Waals surface area (Å²) in [6.07, 6.45) is 7.19. The number of fused-ring (bicyclic) bond motifs is 2. The molecule has 5 heterocycles. The molecule has 0 fully saturated rings. The predicted octanol–water partition coefficient (Wildman–Crippen LogP) is 5.72. The van der Waals surface area contributed by atoms with Crippen LogP contribution in [0.4, 0.5) is 10.1 Å². The van der Waals surface area contributed by atoms with Crippen LogP contribution in [-0.4, -0.2) is 36.0 Å². The summed E-state index contributed by atoms with van der Waals surface area (Å²) in [5.74, 6) is -0.366. The Labute approximate surface area is 204 Å². The third kappa shape index (κ3) is 3.86. The molecule has 0 aliphatic rings. The number of halogens is 1. The zero-order chi connectivity index (χ0) is 24.6. The number of pyridine rings is 3. The molecule has 0 radical (unpaired) electrons. The Balaban J connectivity index is 1.42. The molecule has 5 aromatic heterocycles. The summed E-state index contributed by atoms with van der Waals surface area (Å²) in [5.41, 5.74) is 6.96. The van der Waals surface area contributed by atoms with Crippen LogP contribution in [0.15, 0.2) is 73.3 Å². The highest BCUT2D eigenvalue weighted by Crippen LogP contribution is 2.34. The number of benzene rings is 1. The van der Waals surface area contributed by atoms with Crippen molar-refractivity contribution in [3.63, 3.8) is 0 Å². The van der Waals surface area contributed by atoms with Gasteiger partial charge in [-0.2, -0.15) is 5.10 Å². The zero-order valence-electron chi connectivity index (χ0n) is 19.2. The SMILES string of the molecule is CCC(=O)Nc1cncc(-c2cnc3n[nH]c(-c4cc5c(-c6ccc(F)cc6)nccc5[nH]4)c3c2)c1. The van der Waals surface area contributed by atoms with Gasteiger partial charge in [-0.1, -0.05) is 6.92 Å². The molecule has 0 aliphatic carbocycles. The van der Waals surface area contributed by atoms with Crippen LogP contribution in [0.25, 0.3) is 55.7 Å². The van der Waals surface area contributed by atoms with E-state index in [0.717, 1.165) is 50.1 Å². The molecule has 9 heteroatoms. The van der Waals surface area contributed by atoms with Gasteiger partial charge < -0.3 is 10.3 Å². The second-order valence-corrected chi connectivity index (χ2v) is 8.37. The highest BCUT2D eigenvalue weighted by Gasteiger charge is 2.15. The van der Waals surface area contributed by atoms with Gasteiger partial charge in [-0.25, -0.2) is 9.37 Å². The average Bonchev–Trinajstić information content (AvgIpc) is 3.53. The number of amides is 1. The van der Waals surface area contributed by atoms with Gasteiger partial charge in [0.2, 0.25) is 5.91 Å². The van der Waals surface area contributed by atoms with Crippen LogP contribution in [0.2, 0.25) is 0 Å². The van der Waals surface area contributed by atoms with Crippen molar-refractivity contribution in [3.8, 4) is 33.8 Å². The van der Waals surface area contributed by atoms with Crippen molar-refractivity contribution >= 4 is 33.5 Å². The highest BCUT2D eigenvalue weighted by atomic mass is 19.1. The number of carbonyl (C=O) groups excluding carboxylic acids is 1. The number of H-pyrrole nitrogens is 2. The molecule has 0 saturated carbocycles. The summed E-state index contributed by atoms with van der Waals surface area (Å²) in [6, 6.07) is 14.1. The van der Waals surface area contributed by atoms with Gasteiger partial charge in [0.15, 0.2) is 5.65 Å². The topological polar surface area (TPSA) is 112 Å². The molecule has 1 amide bonds. The first-order chi connectivity index (χ1) is 17.6. The van der Waals surface area contributed by atoms with E-state index in [-0.39, 0.29) is 11.7 Å². The first-order valence-electron chi connectivity index (χ1n) is 11.4. The lowest BCUT2D eigenvalue weighted by molar-refractivity contribution is -0.115. The average molecular weight is 478 g/mol. The van der Waals surface area contributed by atoms with Gasteiger partial charge in [-0.15, -0.1) is 0 Å². The minimum Gasteiger partial charge on any atom is -0.353 e. The Kier molecular flexibility index (Phi) is 5.22. The number of nitrogens with zero attached hydrogens (tertiary/aromatic N) is 4. The molecule has 0 unspecified atom stereocenters. The molecule has 1 aromatic carbocycles. The second kappa shape index (κ2) is 8.70. The van der Waals surface area contributed by atoms with E-state index in [1.807, 2.05) is 24.3 Å². The molecule has 6 aromatic rings. The highest BCUT2D eigenvalue weighted by molar-refractivity contribution is 6.00. The molecule has 0 atom stereocenters. The molecule has 3 N–H and O–H groups in total. The number of aromatic nitrogens is 6. The Morgan fingerprint density at radius 1 is 0.944 bits per heavy atom. The normalized spacial score (nSPS) is 11.3. The number of anilines is 1. The fourth-order valence-electron chi connectivity index (χ4n) is 4.20. The Morgan fingerprint density at radius 2 is 1.78 bits per heavy atom. The molecule has 0 aliphatic heterocycles. The number of hydrogen-bond donors (Lipinski definition) is 3. The Morgan fingerprint density at radius 3 is 2.61 bits per heavy atom. The first-order valence-corrected chi connectivity index (χ1v) is 11.4. The lowest BCUT2D eigenvalue weighted by Crippen LogP contribution is -2.09. The van der Waals surface area contributed by atoms with E-state index < -0.39 is 0 Å². The molecular formula is C27H20FN7O. The largest absolute Gasteiger partial charge is 0.353 e. The molecule has 0 saturated heterocycles. The van der Waals surface area contributed by atoms with E-state index in [1.54, 1.807) is 43.8 Å². The van der Waals surface area contributed by atoms with E-state index >= 15 is 0 Å². The van der Waals surface area contributed by atoms with Crippen LogP contribution in [0.3, 0.4) is 0 Å². The summed E-state index contributed by atoms with van der Waals surface area (Å²) >= 11 is 0. The quantitative estimate of drug-likeness (QED) is 0.294. The van der Waals surface area contributed by atoms with E-state index in [0.29, 0.717) is 17.8 Å². The summed E-state index contributed by atoms with van der Waals surface area (Å²) in [7, 11) is 0. The summed E-state index contributed by atoms with van der Waals surface area (Å²) in [6.45, 7) is 1.80. The Hall–Kier alpha value is -4.92. The van der Waals surface area contributed by atoms with E-state index in [1.165, 1.54) is 12.1 Å². The van der Waals surface area contributed by atoms with Crippen molar-refractivity contribution in [2.75, 3.05) is 5.32 Å². The Bertz CT molecular complexity index is 1740. The fraction of sp³-hybridized carbons (Fsp3) is 0.0741. The molecule has 0 spiro atoms. The summed E-state index contributed by atoms with van der Waals surface area (Å²) in [4.78, 5) is 28.5. The maximum Gasteiger partial charge on any atom is 0.224 e. The molecule has 176 valence electrons. The van der Waals surface area contributed by atoms with Crippen molar-refractivity contribution in [1.82, 2.24) is 30.1 Å². The van der Waals surface area contributed by atoms with Crippen molar-refractivity contribution in [1.29, 1.82) is 0 Å². The second-order valence-electron chi connectivity index (χ2n) is 8.37. The summed E-state index contributed by atoms with van der Waals surface area (Å²) < 4.78 is 13.4. The van der Waals surface area contributed by atoms with Crippen LogP contribution >= 0.6 is 0 Å². The van der Waals surface area contributed by atoms with Gasteiger partial charge in [-0.05, 0) is 48.5 Å². The molecule has 36 heavy (non-hydrogen) atoms. The van der Waals surface area contributed by atoms with Crippen molar-refractivity contribution < 1.29 is 9.18 Å². The minimum absolute atomic E-state index is 0.0760. The minimum atomic E-state index is -0.290. The smallest absolute Gasteiger partial charge is 0.224 e. The van der Waals surface area contributed by atoms with Gasteiger partial charge in [0.05, 0.1) is 29.0 Å². The molecule has 6 rings (SSSR count). The summed E-state index contributed by atoms with van der Waals surface area (Å²) in [5, 5.41) is 12.0. The van der Waals surface area contributed by atoms with Crippen LogP contribution in [0.1, 0.15) is 13.3 Å². The van der Waals surface area contributed by atoms with Crippen molar-refractivity contribution in [2.24, 2.45) is 0 Å². The number of aromatic amines is 2. The van der Waals surface area contributed by atoms with Gasteiger partial charge in [0.25, 0.3) is 0 Å². The molecule has 8 nitrogen and oxygen atoms in total. The van der Waals surface area contributed by atoms with E-state index in [2.05, 4.69) is 35.5 Å². The van der Waals surface area contributed by atoms with Crippen molar-refractivity contribution in [3.05, 3.63) is 79.1 Å². The van der Waals surface area contributed by atoms with E-state index in [4.69, 9.17) is 0 Å². The number of nitrogens with one attached hydrogen (secondary N) is 3.